The highest BCUT2D eigenvalue weighted by Crippen LogP contribution is 2.42. The summed E-state index contributed by atoms with van der Waals surface area (Å²) in [7, 11) is 1.60. The van der Waals surface area contributed by atoms with Gasteiger partial charge in [0, 0.05) is 25.8 Å². The largest absolute Gasteiger partial charge is 0.462 e. The van der Waals surface area contributed by atoms with E-state index in [4.69, 9.17) is 9.47 Å². The fourth-order valence-electron chi connectivity index (χ4n) is 3.06. The molecule has 1 heterocycles. The molecule has 2 aromatic rings. The van der Waals surface area contributed by atoms with Crippen molar-refractivity contribution in [3.8, 4) is 0 Å². The molecule has 0 bridgehead atoms. The zero-order valence-electron chi connectivity index (χ0n) is 15.8. The predicted octanol–water partition coefficient (Wildman–Crippen LogP) is 4.11. The van der Waals surface area contributed by atoms with Crippen molar-refractivity contribution in [2.75, 3.05) is 31.0 Å². The molecule has 7 heteroatoms. The molecule has 0 aliphatic carbocycles. The number of carbonyl (C=O) groups is 2. The highest BCUT2D eigenvalue weighted by atomic mass is 32.2. The van der Waals surface area contributed by atoms with Crippen LogP contribution in [0, 0.1) is 12.7 Å². The van der Waals surface area contributed by atoms with E-state index in [9.17, 15) is 14.0 Å². The average Bonchev–Trinajstić information content (AvgIpc) is 3.07. The molecule has 0 saturated carbocycles. The Hall–Kier alpha value is -2.38. The maximum atomic E-state index is 13.2. The van der Waals surface area contributed by atoms with Crippen molar-refractivity contribution in [2.45, 2.75) is 18.7 Å². The number of methoxy groups -OCH3 is 1. The van der Waals surface area contributed by atoms with Crippen molar-refractivity contribution in [3.05, 3.63) is 65.0 Å². The van der Waals surface area contributed by atoms with Crippen molar-refractivity contribution in [1.29, 1.82) is 0 Å². The number of thioether (sulfide) groups is 1. The van der Waals surface area contributed by atoms with Crippen LogP contribution < -0.4 is 4.90 Å². The first-order chi connectivity index (χ1) is 13.5. The number of anilines is 1. The van der Waals surface area contributed by atoms with Crippen LogP contribution in [0.15, 0.2) is 42.5 Å². The first-order valence-corrected chi connectivity index (χ1v) is 10.0. The molecule has 0 N–H and O–H groups in total. The Labute approximate surface area is 167 Å². The SMILES string of the molecule is COCCCOC(=O)c1ccc(N2C(=O)CSC2c2ccc(F)cc2)c(C)c1. The number of hydrogen-bond donors (Lipinski definition) is 0. The molecule has 1 unspecified atom stereocenters. The number of hydrogen-bond acceptors (Lipinski definition) is 5. The number of amides is 1. The summed E-state index contributed by atoms with van der Waals surface area (Å²) in [4.78, 5) is 26.4. The molecule has 1 fully saturated rings. The van der Waals surface area contributed by atoms with Crippen molar-refractivity contribution in [3.63, 3.8) is 0 Å². The molecular formula is C21H22FNO4S. The zero-order chi connectivity index (χ0) is 20.1. The van der Waals surface area contributed by atoms with Gasteiger partial charge in [-0.3, -0.25) is 9.69 Å². The van der Waals surface area contributed by atoms with E-state index in [2.05, 4.69) is 0 Å². The van der Waals surface area contributed by atoms with Gasteiger partial charge in [0.1, 0.15) is 11.2 Å². The van der Waals surface area contributed by atoms with Gasteiger partial charge in [0.2, 0.25) is 5.91 Å². The average molecular weight is 403 g/mol. The molecule has 1 aliphatic rings. The summed E-state index contributed by atoms with van der Waals surface area (Å²) in [5.41, 5.74) is 2.84. The van der Waals surface area contributed by atoms with Crippen molar-refractivity contribution in [1.82, 2.24) is 0 Å². The zero-order valence-corrected chi connectivity index (χ0v) is 16.6. The number of benzene rings is 2. The first kappa shape index (κ1) is 20.4. The lowest BCUT2D eigenvalue weighted by atomic mass is 10.1. The van der Waals surface area contributed by atoms with E-state index in [-0.39, 0.29) is 17.1 Å². The van der Waals surface area contributed by atoms with Crippen LogP contribution >= 0.6 is 11.8 Å². The molecule has 1 atom stereocenters. The molecule has 2 aromatic carbocycles. The smallest absolute Gasteiger partial charge is 0.338 e. The van der Waals surface area contributed by atoms with Gasteiger partial charge in [0.25, 0.3) is 0 Å². The summed E-state index contributed by atoms with van der Waals surface area (Å²) >= 11 is 1.50. The normalized spacial score (nSPS) is 16.5. The van der Waals surface area contributed by atoms with Crippen LogP contribution in [0.25, 0.3) is 0 Å². The van der Waals surface area contributed by atoms with E-state index in [1.165, 1.54) is 23.9 Å². The molecular weight excluding hydrogens is 381 g/mol. The fraction of sp³-hybridized carbons (Fsp3) is 0.333. The fourth-order valence-corrected chi connectivity index (χ4v) is 4.23. The van der Waals surface area contributed by atoms with E-state index < -0.39 is 5.97 Å². The maximum Gasteiger partial charge on any atom is 0.338 e. The lowest BCUT2D eigenvalue weighted by molar-refractivity contribution is -0.115. The number of nitrogens with zero attached hydrogens (tertiary/aromatic N) is 1. The molecule has 1 saturated heterocycles. The first-order valence-electron chi connectivity index (χ1n) is 8.97. The van der Waals surface area contributed by atoms with Gasteiger partial charge in [-0.25, -0.2) is 9.18 Å². The topological polar surface area (TPSA) is 55.8 Å². The van der Waals surface area contributed by atoms with Crippen LogP contribution in [-0.2, 0) is 14.3 Å². The van der Waals surface area contributed by atoms with Crippen molar-refractivity contribution < 1.29 is 23.5 Å². The maximum absolute atomic E-state index is 13.2. The lowest BCUT2D eigenvalue weighted by Gasteiger charge is -2.26. The number of aryl methyl sites for hydroxylation is 1. The van der Waals surface area contributed by atoms with Gasteiger partial charge in [-0.2, -0.15) is 0 Å². The van der Waals surface area contributed by atoms with Crippen molar-refractivity contribution in [2.24, 2.45) is 0 Å². The Morgan fingerprint density at radius 2 is 1.96 bits per heavy atom. The third-order valence-corrected chi connectivity index (χ3v) is 5.65. The molecule has 148 valence electrons. The van der Waals surface area contributed by atoms with E-state index in [0.29, 0.717) is 31.0 Å². The van der Waals surface area contributed by atoms with E-state index in [1.807, 2.05) is 6.92 Å². The van der Waals surface area contributed by atoms with E-state index >= 15 is 0 Å². The Balaban J connectivity index is 1.79. The van der Waals surface area contributed by atoms with Crippen LogP contribution in [0.3, 0.4) is 0 Å². The highest BCUT2D eigenvalue weighted by Gasteiger charge is 2.34. The number of carbonyl (C=O) groups excluding carboxylic acids is 2. The summed E-state index contributed by atoms with van der Waals surface area (Å²) in [6, 6.07) is 11.3. The minimum atomic E-state index is -0.400. The van der Waals surface area contributed by atoms with Gasteiger partial charge in [0.15, 0.2) is 0 Å². The van der Waals surface area contributed by atoms with Gasteiger partial charge in [-0.1, -0.05) is 12.1 Å². The van der Waals surface area contributed by atoms with Gasteiger partial charge >= 0.3 is 5.97 Å². The summed E-state index contributed by atoms with van der Waals surface area (Å²) in [6.45, 7) is 2.68. The summed E-state index contributed by atoms with van der Waals surface area (Å²) < 4.78 is 23.4. The molecule has 0 spiro atoms. The molecule has 1 aliphatic heterocycles. The molecule has 5 nitrogen and oxygen atoms in total. The molecule has 3 rings (SSSR count). The highest BCUT2D eigenvalue weighted by molar-refractivity contribution is 8.00. The monoisotopic (exact) mass is 403 g/mol. The molecule has 28 heavy (non-hydrogen) atoms. The Kier molecular flexibility index (Phi) is 6.70. The van der Waals surface area contributed by atoms with Crippen LogP contribution in [0.4, 0.5) is 10.1 Å². The minimum Gasteiger partial charge on any atom is -0.462 e. The van der Waals surface area contributed by atoms with Crippen LogP contribution in [0.2, 0.25) is 0 Å². The summed E-state index contributed by atoms with van der Waals surface area (Å²) in [5.74, 6) is -0.375. The van der Waals surface area contributed by atoms with Gasteiger partial charge in [-0.05, 0) is 48.4 Å². The van der Waals surface area contributed by atoms with E-state index in [1.54, 1.807) is 42.3 Å². The standard InChI is InChI=1S/C21H22FNO4S/c1-14-12-16(21(25)27-11-3-10-26-2)6-9-18(14)23-19(24)13-28-20(23)15-4-7-17(22)8-5-15/h4-9,12,20H,3,10-11,13H2,1-2H3. The minimum absolute atomic E-state index is 0.0164. The Morgan fingerprint density at radius 1 is 1.21 bits per heavy atom. The predicted molar refractivity (Wildman–Crippen MR) is 107 cm³/mol. The van der Waals surface area contributed by atoms with Gasteiger partial charge in [-0.15, -0.1) is 11.8 Å². The molecule has 0 radical (unpaired) electrons. The number of esters is 1. The molecule has 1 amide bonds. The summed E-state index contributed by atoms with van der Waals surface area (Å²) in [5, 5.41) is -0.223. The molecule has 0 aromatic heterocycles. The van der Waals surface area contributed by atoms with Gasteiger partial charge in [0.05, 0.1) is 17.9 Å². The quantitative estimate of drug-likeness (QED) is 0.515. The number of rotatable bonds is 7. The second kappa shape index (κ2) is 9.21. The summed E-state index contributed by atoms with van der Waals surface area (Å²) in [6.07, 6.45) is 0.637. The lowest BCUT2D eigenvalue weighted by Crippen LogP contribution is -2.28. The van der Waals surface area contributed by atoms with Crippen LogP contribution in [0.5, 0.6) is 0 Å². The van der Waals surface area contributed by atoms with E-state index in [0.717, 1.165) is 16.8 Å². The van der Waals surface area contributed by atoms with Gasteiger partial charge < -0.3 is 9.47 Å². The number of halogens is 1. The second-order valence-corrected chi connectivity index (χ2v) is 7.53. The van der Waals surface area contributed by atoms with Crippen LogP contribution in [-0.4, -0.2) is 38.0 Å². The third kappa shape index (κ3) is 4.54. The third-order valence-electron chi connectivity index (χ3n) is 4.44. The Morgan fingerprint density at radius 3 is 2.64 bits per heavy atom. The van der Waals surface area contributed by atoms with Crippen LogP contribution in [0.1, 0.15) is 33.3 Å². The van der Waals surface area contributed by atoms with Crippen molar-refractivity contribution >= 4 is 29.3 Å². The number of ether oxygens (including phenoxy) is 2. The Bertz CT molecular complexity index is 856. The second-order valence-electron chi connectivity index (χ2n) is 6.46.